The van der Waals surface area contributed by atoms with Gasteiger partial charge in [0.05, 0.1) is 6.61 Å². The van der Waals surface area contributed by atoms with Crippen molar-refractivity contribution in [2.45, 2.75) is 44.7 Å². The van der Waals surface area contributed by atoms with Crippen molar-refractivity contribution in [1.82, 2.24) is 4.90 Å². The average Bonchev–Trinajstić information content (AvgIpc) is 3.28. The highest BCUT2D eigenvalue weighted by atomic mass is 16.5. The predicted octanol–water partition coefficient (Wildman–Crippen LogP) is 2.92. The standard InChI is InChI=1S/C17H28N2O/c1-13(2)19(10-11-20-3)17(12-18)16-8-6-15(7-9-16)14-4-5-14/h6-9,13-14,17H,4-5,10-12,18H2,1-3H3. The van der Waals surface area contributed by atoms with Gasteiger partial charge in [0, 0.05) is 32.3 Å². The fraction of sp³-hybridized carbons (Fsp3) is 0.647. The van der Waals surface area contributed by atoms with Crippen molar-refractivity contribution in [2.75, 3.05) is 26.8 Å². The Kier molecular flexibility index (Phi) is 5.58. The summed E-state index contributed by atoms with van der Waals surface area (Å²) in [5, 5.41) is 0. The molecule has 3 nitrogen and oxygen atoms in total. The second kappa shape index (κ2) is 7.21. The zero-order chi connectivity index (χ0) is 14.5. The van der Waals surface area contributed by atoms with Gasteiger partial charge in [-0.25, -0.2) is 0 Å². The van der Waals surface area contributed by atoms with Gasteiger partial charge in [0.2, 0.25) is 0 Å². The number of rotatable bonds is 8. The van der Waals surface area contributed by atoms with Crippen LogP contribution in [0.4, 0.5) is 0 Å². The van der Waals surface area contributed by atoms with Gasteiger partial charge in [-0.1, -0.05) is 24.3 Å². The Morgan fingerprint density at radius 2 is 1.90 bits per heavy atom. The van der Waals surface area contributed by atoms with Gasteiger partial charge in [-0.15, -0.1) is 0 Å². The van der Waals surface area contributed by atoms with Crippen molar-refractivity contribution in [1.29, 1.82) is 0 Å². The Morgan fingerprint density at radius 1 is 1.25 bits per heavy atom. The molecule has 0 spiro atoms. The lowest BCUT2D eigenvalue weighted by atomic mass is 10.0. The van der Waals surface area contributed by atoms with E-state index in [1.54, 1.807) is 7.11 Å². The quantitative estimate of drug-likeness (QED) is 0.793. The molecule has 2 rings (SSSR count). The minimum Gasteiger partial charge on any atom is -0.383 e. The fourth-order valence-electron chi connectivity index (χ4n) is 2.84. The molecule has 20 heavy (non-hydrogen) atoms. The molecule has 1 atom stereocenters. The highest BCUT2D eigenvalue weighted by molar-refractivity contribution is 5.30. The smallest absolute Gasteiger partial charge is 0.0590 e. The summed E-state index contributed by atoms with van der Waals surface area (Å²) in [6, 6.07) is 9.82. The molecule has 1 aromatic rings. The van der Waals surface area contributed by atoms with E-state index in [0.717, 1.165) is 19.1 Å². The number of nitrogens with zero attached hydrogens (tertiary/aromatic N) is 1. The van der Waals surface area contributed by atoms with Gasteiger partial charge in [0.15, 0.2) is 0 Å². The molecule has 1 fully saturated rings. The fourth-order valence-corrected chi connectivity index (χ4v) is 2.84. The molecule has 2 N–H and O–H groups in total. The molecule has 1 unspecified atom stereocenters. The summed E-state index contributed by atoms with van der Waals surface area (Å²) in [6.07, 6.45) is 2.71. The van der Waals surface area contributed by atoms with E-state index in [2.05, 4.69) is 43.0 Å². The number of ether oxygens (including phenoxy) is 1. The van der Waals surface area contributed by atoms with Crippen LogP contribution in [0.25, 0.3) is 0 Å². The zero-order valence-electron chi connectivity index (χ0n) is 13.0. The van der Waals surface area contributed by atoms with E-state index in [-0.39, 0.29) is 6.04 Å². The first-order valence-corrected chi connectivity index (χ1v) is 7.72. The van der Waals surface area contributed by atoms with Crippen molar-refractivity contribution in [2.24, 2.45) is 5.73 Å². The maximum atomic E-state index is 6.04. The third-order valence-corrected chi connectivity index (χ3v) is 4.21. The first kappa shape index (κ1) is 15.5. The van der Waals surface area contributed by atoms with Crippen LogP contribution in [-0.2, 0) is 4.74 Å². The van der Waals surface area contributed by atoms with Gasteiger partial charge in [0.25, 0.3) is 0 Å². The predicted molar refractivity (Wildman–Crippen MR) is 83.9 cm³/mol. The van der Waals surface area contributed by atoms with Crippen LogP contribution in [0.2, 0.25) is 0 Å². The molecule has 112 valence electrons. The second-order valence-corrected chi connectivity index (χ2v) is 6.02. The maximum absolute atomic E-state index is 6.04. The highest BCUT2D eigenvalue weighted by Crippen LogP contribution is 2.40. The van der Waals surface area contributed by atoms with Crippen LogP contribution in [0.15, 0.2) is 24.3 Å². The van der Waals surface area contributed by atoms with Crippen LogP contribution in [0.1, 0.15) is 49.8 Å². The van der Waals surface area contributed by atoms with E-state index in [0.29, 0.717) is 12.6 Å². The van der Waals surface area contributed by atoms with Gasteiger partial charge < -0.3 is 10.5 Å². The number of methoxy groups -OCH3 is 1. The minimum absolute atomic E-state index is 0.276. The van der Waals surface area contributed by atoms with Crippen molar-refractivity contribution in [3.63, 3.8) is 0 Å². The molecule has 0 saturated heterocycles. The molecule has 1 aliphatic rings. The monoisotopic (exact) mass is 276 g/mol. The van der Waals surface area contributed by atoms with Crippen molar-refractivity contribution >= 4 is 0 Å². The first-order valence-electron chi connectivity index (χ1n) is 7.72. The lowest BCUT2D eigenvalue weighted by Gasteiger charge is -2.34. The van der Waals surface area contributed by atoms with Crippen molar-refractivity contribution < 1.29 is 4.74 Å². The van der Waals surface area contributed by atoms with E-state index in [9.17, 15) is 0 Å². The van der Waals surface area contributed by atoms with E-state index in [4.69, 9.17) is 10.5 Å². The summed E-state index contributed by atoms with van der Waals surface area (Å²) >= 11 is 0. The summed E-state index contributed by atoms with van der Waals surface area (Å²) in [4.78, 5) is 2.43. The van der Waals surface area contributed by atoms with Crippen LogP contribution in [-0.4, -0.2) is 37.7 Å². The summed E-state index contributed by atoms with van der Waals surface area (Å²) in [6.45, 7) is 6.74. The Balaban J connectivity index is 2.11. The first-order chi connectivity index (χ1) is 9.67. The maximum Gasteiger partial charge on any atom is 0.0590 e. The van der Waals surface area contributed by atoms with Crippen molar-refractivity contribution in [3.05, 3.63) is 35.4 Å². The third-order valence-electron chi connectivity index (χ3n) is 4.21. The Hall–Kier alpha value is -0.900. The van der Waals surface area contributed by atoms with Crippen LogP contribution >= 0.6 is 0 Å². The Labute approximate surface area is 123 Å². The summed E-state index contributed by atoms with van der Waals surface area (Å²) in [5.41, 5.74) is 8.85. The van der Waals surface area contributed by atoms with Gasteiger partial charge in [-0.3, -0.25) is 4.90 Å². The van der Waals surface area contributed by atoms with Gasteiger partial charge in [-0.05, 0) is 43.7 Å². The average molecular weight is 276 g/mol. The number of hydrogen-bond donors (Lipinski definition) is 1. The van der Waals surface area contributed by atoms with Crippen LogP contribution < -0.4 is 5.73 Å². The molecule has 0 bridgehead atoms. The van der Waals surface area contributed by atoms with Gasteiger partial charge in [-0.2, -0.15) is 0 Å². The van der Waals surface area contributed by atoms with E-state index < -0.39 is 0 Å². The number of hydrogen-bond acceptors (Lipinski definition) is 3. The van der Waals surface area contributed by atoms with Gasteiger partial charge >= 0.3 is 0 Å². The van der Waals surface area contributed by atoms with E-state index in [1.165, 1.54) is 24.0 Å². The molecule has 0 radical (unpaired) electrons. The van der Waals surface area contributed by atoms with Crippen LogP contribution in [0.5, 0.6) is 0 Å². The largest absolute Gasteiger partial charge is 0.383 e. The Morgan fingerprint density at radius 3 is 2.35 bits per heavy atom. The Bertz CT molecular complexity index is 398. The van der Waals surface area contributed by atoms with Crippen LogP contribution in [0.3, 0.4) is 0 Å². The van der Waals surface area contributed by atoms with E-state index in [1.807, 2.05) is 0 Å². The molecular weight excluding hydrogens is 248 g/mol. The molecule has 0 aromatic heterocycles. The molecular formula is C17H28N2O. The molecule has 1 aromatic carbocycles. The second-order valence-electron chi connectivity index (χ2n) is 6.02. The lowest BCUT2D eigenvalue weighted by molar-refractivity contribution is 0.0979. The summed E-state index contributed by atoms with van der Waals surface area (Å²) in [5.74, 6) is 0.815. The zero-order valence-corrected chi connectivity index (χ0v) is 13.0. The van der Waals surface area contributed by atoms with Gasteiger partial charge in [0.1, 0.15) is 0 Å². The normalized spacial score (nSPS) is 16.9. The molecule has 0 aliphatic heterocycles. The third kappa shape index (κ3) is 3.81. The lowest BCUT2D eigenvalue weighted by Crippen LogP contribution is -2.40. The molecule has 0 heterocycles. The molecule has 3 heteroatoms. The SMILES string of the molecule is COCCN(C(C)C)C(CN)c1ccc(C2CC2)cc1. The number of nitrogens with two attached hydrogens (primary N) is 1. The highest BCUT2D eigenvalue weighted by Gasteiger charge is 2.25. The molecule has 1 saturated carbocycles. The summed E-state index contributed by atoms with van der Waals surface area (Å²) < 4.78 is 5.23. The van der Waals surface area contributed by atoms with Crippen molar-refractivity contribution in [3.8, 4) is 0 Å². The molecule has 1 aliphatic carbocycles. The van der Waals surface area contributed by atoms with Crippen LogP contribution in [0, 0.1) is 0 Å². The minimum atomic E-state index is 0.276. The molecule has 0 amide bonds. The van der Waals surface area contributed by atoms with E-state index >= 15 is 0 Å². The summed E-state index contributed by atoms with van der Waals surface area (Å²) in [7, 11) is 1.75. The topological polar surface area (TPSA) is 38.5 Å². The number of benzene rings is 1.